The molecule has 8 nitrogen and oxygen atoms in total. The maximum atomic E-state index is 11.5. The van der Waals surface area contributed by atoms with Crippen LogP contribution in [0.4, 0.5) is 4.79 Å². The number of carbonyl (C=O) groups excluding carboxylic acids is 2. The molecule has 19 heavy (non-hydrogen) atoms. The Balaban J connectivity index is 4.29. The first kappa shape index (κ1) is 17.2. The highest BCUT2D eigenvalue weighted by Crippen LogP contribution is 1.93. The van der Waals surface area contributed by atoms with Crippen molar-refractivity contribution < 1.29 is 24.6 Å². The van der Waals surface area contributed by atoms with E-state index in [-0.39, 0.29) is 5.91 Å². The lowest BCUT2D eigenvalue weighted by Crippen LogP contribution is -2.55. The Morgan fingerprint density at radius 1 is 1.16 bits per heavy atom. The zero-order valence-electron chi connectivity index (χ0n) is 11.3. The molecule has 3 amide bonds. The largest absolute Gasteiger partial charge is 0.480 e. The lowest BCUT2D eigenvalue weighted by Gasteiger charge is -2.19. The summed E-state index contributed by atoms with van der Waals surface area (Å²) >= 11 is 0. The molecule has 0 heterocycles. The van der Waals surface area contributed by atoms with Crippen molar-refractivity contribution in [2.24, 2.45) is 0 Å². The predicted octanol–water partition coefficient (Wildman–Crippen LogP) is -0.966. The van der Waals surface area contributed by atoms with Crippen molar-refractivity contribution in [2.45, 2.75) is 45.4 Å². The number of nitrogens with one attached hydrogen (secondary N) is 3. The number of aliphatic carboxylic acids is 1. The van der Waals surface area contributed by atoms with Crippen molar-refractivity contribution in [3.63, 3.8) is 0 Å². The third kappa shape index (κ3) is 6.61. The molecule has 0 aromatic heterocycles. The average Bonchev–Trinajstić information content (AvgIpc) is 2.31. The molecule has 0 saturated carbocycles. The van der Waals surface area contributed by atoms with Crippen molar-refractivity contribution in [2.75, 3.05) is 6.54 Å². The number of carboxylic acids is 1. The molecular weight excluding hydrogens is 254 g/mol. The van der Waals surface area contributed by atoms with Crippen LogP contribution >= 0.6 is 0 Å². The molecule has 0 aromatic carbocycles. The maximum absolute atomic E-state index is 11.5. The van der Waals surface area contributed by atoms with Crippen molar-refractivity contribution in [1.29, 1.82) is 0 Å². The van der Waals surface area contributed by atoms with Gasteiger partial charge in [-0.25, -0.2) is 9.59 Å². The van der Waals surface area contributed by atoms with Crippen LogP contribution in [0.1, 0.15) is 27.2 Å². The Kier molecular flexibility index (Phi) is 7.50. The predicted molar refractivity (Wildman–Crippen MR) is 67.5 cm³/mol. The van der Waals surface area contributed by atoms with Gasteiger partial charge in [0.1, 0.15) is 6.04 Å². The third-order valence-corrected chi connectivity index (χ3v) is 2.33. The summed E-state index contributed by atoms with van der Waals surface area (Å²) in [6.45, 7) is 5.11. The number of amides is 3. The molecule has 0 spiro atoms. The van der Waals surface area contributed by atoms with Gasteiger partial charge >= 0.3 is 12.0 Å². The van der Waals surface area contributed by atoms with Crippen LogP contribution in [-0.4, -0.2) is 52.9 Å². The van der Waals surface area contributed by atoms with Crippen LogP contribution in [0.25, 0.3) is 0 Å². The highest BCUT2D eigenvalue weighted by Gasteiger charge is 2.26. The van der Waals surface area contributed by atoms with Gasteiger partial charge in [-0.2, -0.15) is 0 Å². The van der Waals surface area contributed by atoms with Crippen molar-refractivity contribution in [1.82, 2.24) is 16.0 Å². The van der Waals surface area contributed by atoms with Gasteiger partial charge < -0.3 is 26.2 Å². The normalized spacial score (nSPS) is 14.9. The zero-order valence-corrected chi connectivity index (χ0v) is 11.3. The fourth-order valence-corrected chi connectivity index (χ4v) is 1.24. The number of urea groups is 1. The fraction of sp³-hybridized carbons (Fsp3) is 0.727. The fourth-order valence-electron chi connectivity index (χ4n) is 1.24. The van der Waals surface area contributed by atoms with Crippen LogP contribution in [0.15, 0.2) is 0 Å². The van der Waals surface area contributed by atoms with Gasteiger partial charge in [-0.3, -0.25) is 4.79 Å². The first-order valence-corrected chi connectivity index (χ1v) is 6.05. The SMILES string of the molecule is CCCNC(=O)C(C)NC(=O)N[C@H](C(=O)O)[C@@H](C)O. The van der Waals surface area contributed by atoms with Crippen LogP contribution in [0.2, 0.25) is 0 Å². The minimum atomic E-state index is -1.43. The summed E-state index contributed by atoms with van der Waals surface area (Å²) in [6, 6.07) is -3.05. The molecule has 0 aliphatic rings. The topological polar surface area (TPSA) is 128 Å². The van der Waals surface area contributed by atoms with Crippen LogP contribution in [0.3, 0.4) is 0 Å². The average molecular weight is 275 g/mol. The van der Waals surface area contributed by atoms with Gasteiger partial charge in [0.05, 0.1) is 6.10 Å². The van der Waals surface area contributed by atoms with E-state index in [2.05, 4.69) is 16.0 Å². The summed E-state index contributed by atoms with van der Waals surface area (Å²) in [5.41, 5.74) is 0. The second-order valence-electron chi connectivity index (χ2n) is 4.19. The summed E-state index contributed by atoms with van der Waals surface area (Å²) in [5.74, 6) is -1.71. The van der Waals surface area contributed by atoms with Gasteiger partial charge in [0, 0.05) is 6.54 Å². The number of carbonyl (C=O) groups is 3. The molecule has 0 aromatic rings. The number of carboxylic acid groups (broad SMARTS) is 1. The lowest BCUT2D eigenvalue weighted by molar-refractivity contribution is -0.141. The lowest BCUT2D eigenvalue weighted by atomic mass is 10.2. The molecule has 0 rings (SSSR count). The second-order valence-corrected chi connectivity index (χ2v) is 4.19. The van der Waals surface area contributed by atoms with E-state index in [0.717, 1.165) is 6.42 Å². The van der Waals surface area contributed by atoms with E-state index in [1.807, 2.05) is 6.92 Å². The minimum absolute atomic E-state index is 0.360. The molecule has 0 aliphatic heterocycles. The van der Waals surface area contributed by atoms with E-state index >= 15 is 0 Å². The molecule has 0 radical (unpaired) electrons. The number of aliphatic hydroxyl groups is 1. The summed E-state index contributed by atoms with van der Waals surface area (Å²) < 4.78 is 0. The summed E-state index contributed by atoms with van der Waals surface area (Å²) in [5, 5.41) is 24.9. The maximum Gasteiger partial charge on any atom is 0.328 e. The highest BCUT2D eigenvalue weighted by atomic mass is 16.4. The number of rotatable bonds is 7. The monoisotopic (exact) mass is 275 g/mol. The van der Waals surface area contributed by atoms with E-state index in [1.165, 1.54) is 13.8 Å². The number of hydrogen-bond donors (Lipinski definition) is 5. The van der Waals surface area contributed by atoms with Gasteiger partial charge in [0.15, 0.2) is 6.04 Å². The van der Waals surface area contributed by atoms with Gasteiger partial charge in [-0.1, -0.05) is 6.92 Å². The number of hydrogen-bond acceptors (Lipinski definition) is 4. The molecule has 0 bridgehead atoms. The van der Waals surface area contributed by atoms with E-state index in [1.54, 1.807) is 0 Å². The molecule has 8 heteroatoms. The molecule has 0 fully saturated rings. The Labute approximate surface area is 111 Å². The quantitative estimate of drug-likeness (QED) is 0.408. The molecule has 1 unspecified atom stereocenters. The summed E-state index contributed by atoms with van der Waals surface area (Å²) in [4.78, 5) is 33.7. The minimum Gasteiger partial charge on any atom is -0.480 e. The Hall–Kier alpha value is -1.83. The van der Waals surface area contributed by atoms with Gasteiger partial charge in [0.25, 0.3) is 0 Å². The Bertz CT molecular complexity index is 332. The first-order valence-electron chi connectivity index (χ1n) is 6.05. The standard InChI is InChI=1S/C11H21N3O5/c1-4-5-12-9(16)6(2)13-11(19)14-8(7(3)15)10(17)18/h6-8,15H,4-5H2,1-3H3,(H,12,16)(H,17,18)(H2,13,14,19)/t6?,7-,8+/m1/s1. The van der Waals surface area contributed by atoms with Gasteiger partial charge in [-0.05, 0) is 20.3 Å². The van der Waals surface area contributed by atoms with E-state index in [9.17, 15) is 19.5 Å². The molecule has 3 atom stereocenters. The van der Waals surface area contributed by atoms with E-state index < -0.39 is 30.2 Å². The van der Waals surface area contributed by atoms with Crippen molar-refractivity contribution >= 4 is 17.9 Å². The van der Waals surface area contributed by atoms with E-state index in [0.29, 0.717) is 6.54 Å². The molecular formula is C11H21N3O5. The third-order valence-electron chi connectivity index (χ3n) is 2.33. The first-order chi connectivity index (χ1) is 8.79. The van der Waals surface area contributed by atoms with Gasteiger partial charge in [-0.15, -0.1) is 0 Å². The van der Waals surface area contributed by atoms with E-state index in [4.69, 9.17) is 5.11 Å². The van der Waals surface area contributed by atoms with Crippen LogP contribution in [0, 0.1) is 0 Å². The second kappa shape index (κ2) is 8.30. The van der Waals surface area contributed by atoms with Crippen molar-refractivity contribution in [3.8, 4) is 0 Å². The summed E-state index contributed by atoms with van der Waals surface area (Å²) in [6.07, 6.45) is -0.471. The molecule has 110 valence electrons. The Morgan fingerprint density at radius 2 is 1.74 bits per heavy atom. The van der Waals surface area contributed by atoms with Gasteiger partial charge in [0.2, 0.25) is 5.91 Å². The van der Waals surface area contributed by atoms with Crippen LogP contribution in [-0.2, 0) is 9.59 Å². The highest BCUT2D eigenvalue weighted by molar-refractivity contribution is 5.88. The molecule has 0 saturated heterocycles. The molecule has 5 N–H and O–H groups in total. The molecule has 0 aliphatic carbocycles. The van der Waals surface area contributed by atoms with Crippen molar-refractivity contribution in [3.05, 3.63) is 0 Å². The summed E-state index contributed by atoms with van der Waals surface area (Å²) in [7, 11) is 0. The zero-order chi connectivity index (χ0) is 15.0. The van der Waals surface area contributed by atoms with Crippen LogP contribution in [0.5, 0.6) is 0 Å². The Morgan fingerprint density at radius 3 is 2.16 bits per heavy atom. The smallest absolute Gasteiger partial charge is 0.328 e. The van der Waals surface area contributed by atoms with Crippen LogP contribution < -0.4 is 16.0 Å². The number of aliphatic hydroxyl groups excluding tert-OH is 1.